The van der Waals surface area contributed by atoms with Crippen molar-refractivity contribution >= 4 is 17.6 Å². The van der Waals surface area contributed by atoms with E-state index in [0.29, 0.717) is 11.4 Å². The Morgan fingerprint density at radius 3 is 2.42 bits per heavy atom. The first-order valence-corrected chi connectivity index (χ1v) is 5.96. The van der Waals surface area contributed by atoms with E-state index < -0.39 is 5.97 Å². The summed E-state index contributed by atoms with van der Waals surface area (Å²) >= 11 is 0. The van der Waals surface area contributed by atoms with Crippen molar-refractivity contribution in [2.24, 2.45) is 7.05 Å². The molecule has 0 radical (unpaired) electrons. The van der Waals surface area contributed by atoms with Crippen LogP contribution in [0.2, 0.25) is 0 Å². The van der Waals surface area contributed by atoms with Crippen molar-refractivity contribution in [3.8, 4) is 0 Å². The molecule has 0 fully saturated rings. The Morgan fingerprint density at radius 2 is 2.05 bits per heavy atom. The predicted molar refractivity (Wildman–Crippen MR) is 70.5 cm³/mol. The summed E-state index contributed by atoms with van der Waals surface area (Å²) in [4.78, 5) is 25.2. The highest BCUT2D eigenvalue weighted by molar-refractivity contribution is 5.99. The SMILES string of the molecule is COC(=O)CN(C(=O)c1c(N)c(C)nn1C)C(C)C. The molecule has 7 nitrogen and oxygen atoms in total. The van der Waals surface area contributed by atoms with Crippen LogP contribution in [-0.2, 0) is 16.6 Å². The van der Waals surface area contributed by atoms with Gasteiger partial charge in [0.1, 0.15) is 12.2 Å². The van der Waals surface area contributed by atoms with Gasteiger partial charge in [-0.2, -0.15) is 5.10 Å². The molecule has 1 aromatic rings. The quantitative estimate of drug-likeness (QED) is 0.795. The molecule has 0 saturated heterocycles. The van der Waals surface area contributed by atoms with Crippen LogP contribution in [-0.4, -0.2) is 46.3 Å². The minimum Gasteiger partial charge on any atom is -0.468 e. The Morgan fingerprint density at radius 1 is 1.47 bits per heavy atom. The minimum absolute atomic E-state index is 0.114. The zero-order valence-electron chi connectivity index (χ0n) is 11.9. The first-order chi connectivity index (χ1) is 8.79. The Hall–Kier alpha value is -2.05. The fourth-order valence-corrected chi connectivity index (χ4v) is 1.76. The molecule has 0 aliphatic heterocycles. The second-order valence-electron chi connectivity index (χ2n) is 4.57. The molecule has 0 aliphatic carbocycles. The highest BCUT2D eigenvalue weighted by Gasteiger charge is 2.27. The predicted octanol–water partition coefficient (Wildman–Crippen LogP) is 0.334. The molecule has 1 amide bonds. The highest BCUT2D eigenvalue weighted by Crippen LogP contribution is 2.18. The maximum atomic E-state index is 12.5. The molecule has 1 rings (SSSR count). The smallest absolute Gasteiger partial charge is 0.325 e. The molecule has 106 valence electrons. The number of carbonyl (C=O) groups is 2. The van der Waals surface area contributed by atoms with Crippen molar-refractivity contribution in [2.75, 3.05) is 19.4 Å². The van der Waals surface area contributed by atoms with E-state index in [4.69, 9.17) is 5.73 Å². The van der Waals surface area contributed by atoms with Gasteiger partial charge >= 0.3 is 5.97 Å². The lowest BCUT2D eigenvalue weighted by Gasteiger charge is -2.25. The van der Waals surface area contributed by atoms with Gasteiger partial charge in [0.2, 0.25) is 0 Å². The molecule has 7 heteroatoms. The molecule has 0 saturated carbocycles. The molecular formula is C12H20N4O3. The van der Waals surface area contributed by atoms with Crippen LogP contribution in [0.4, 0.5) is 5.69 Å². The summed E-state index contributed by atoms with van der Waals surface area (Å²) in [6.45, 7) is 5.25. The van der Waals surface area contributed by atoms with Gasteiger partial charge in [-0.15, -0.1) is 0 Å². The van der Waals surface area contributed by atoms with E-state index in [9.17, 15) is 9.59 Å². The average Bonchev–Trinajstić information content (AvgIpc) is 2.58. The van der Waals surface area contributed by atoms with Gasteiger partial charge in [-0.1, -0.05) is 0 Å². The number of methoxy groups -OCH3 is 1. The second kappa shape index (κ2) is 5.73. The number of ether oxygens (including phenoxy) is 1. The number of nitrogens with zero attached hydrogens (tertiary/aromatic N) is 3. The number of anilines is 1. The van der Waals surface area contributed by atoms with Crippen molar-refractivity contribution in [1.29, 1.82) is 0 Å². The fourth-order valence-electron chi connectivity index (χ4n) is 1.76. The van der Waals surface area contributed by atoms with Crippen LogP contribution < -0.4 is 5.73 Å². The number of hydrogen-bond donors (Lipinski definition) is 1. The Bertz CT molecular complexity index is 493. The monoisotopic (exact) mass is 268 g/mol. The number of aromatic nitrogens is 2. The number of nitrogen functional groups attached to an aromatic ring is 1. The molecule has 1 aromatic heterocycles. The van der Waals surface area contributed by atoms with E-state index in [-0.39, 0.29) is 24.2 Å². The Labute approximate surface area is 112 Å². The average molecular weight is 268 g/mol. The lowest BCUT2D eigenvalue weighted by Crippen LogP contribution is -2.42. The zero-order valence-corrected chi connectivity index (χ0v) is 11.9. The highest BCUT2D eigenvalue weighted by atomic mass is 16.5. The van der Waals surface area contributed by atoms with Crippen LogP contribution in [0, 0.1) is 6.92 Å². The number of aryl methyl sites for hydroxylation is 2. The molecule has 0 aliphatic rings. The summed E-state index contributed by atoms with van der Waals surface area (Å²) in [7, 11) is 2.93. The lowest BCUT2D eigenvalue weighted by molar-refractivity contribution is -0.141. The largest absolute Gasteiger partial charge is 0.468 e. The van der Waals surface area contributed by atoms with Crippen LogP contribution in [0.3, 0.4) is 0 Å². The number of rotatable bonds is 4. The molecule has 19 heavy (non-hydrogen) atoms. The van der Waals surface area contributed by atoms with Crippen LogP contribution in [0.25, 0.3) is 0 Å². The van der Waals surface area contributed by atoms with Gasteiger partial charge in [0.05, 0.1) is 18.5 Å². The third kappa shape index (κ3) is 3.04. The number of nitrogens with two attached hydrogens (primary N) is 1. The fraction of sp³-hybridized carbons (Fsp3) is 0.583. The number of esters is 1. The standard InChI is InChI=1S/C12H20N4O3/c1-7(2)16(6-9(17)19-5)12(18)11-10(13)8(3)14-15(11)4/h7H,6,13H2,1-5H3. The van der Waals surface area contributed by atoms with E-state index in [2.05, 4.69) is 9.84 Å². The number of amides is 1. The van der Waals surface area contributed by atoms with Gasteiger partial charge in [-0.05, 0) is 20.8 Å². The molecular weight excluding hydrogens is 248 g/mol. The van der Waals surface area contributed by atoms with E-state index in [1.807, 2.05) is 13.8 Å². The van der Waals surface area contributed by atoms with Gasteiger partial charge < -0.3 is 15.4 Å². The number of carbonyl (C=O) groups excluding carboxylic acids is 2. The Kier molecular flexibility index (Phi) is 4.52. The van der Waals surface area contributed by atoms with Crippen LogP contribution >= 0.6 is 0 Å². The molecule has 0 spiro atoms. The molecule has 2 N–H and O–H groups in total. The third-order valence-corrected chi connectivity index (χ3v) is 2.88. The first-order valence-electron chi connectivity index (χ1n) is 5.96. The van der Waals surface area contributed by atoms with Gasteiger partial charge in [0, 0.05) is 13.1 Å². The van der Waals surface area contributed by atoms with Gasteiger partial charge in [-0.25, -0.2) is 0 Å². The summed E-state index contributed by atoms with van der Waals surface area (Å²) in [5, 5.41) is 4.10. The topological polar surface area (TPSA) is 90.4 Å². The lowest BCUT2D eigenvalue weighted by atomic mass is 10.2. The summed E-state index contributed by atoms with van der Waals surface area (Å²) in [5.41, 5.74) is 7.07. The minimum atomic E-state index is -0.473. The van der Waals surface area contributed by atoms with Crippen molar-refractivity contribution in [1.82, 2.24) is 14.7 Å². The number of hydrogen-bond acceptors (Lipinski definition) is 5. The summed E-state index contributed by atoms with van der Waals surface area (Å²) in [6, 6.07) is -0.152. The molecule has 0 aromatic carbocycles. The van der Waals surface area contributed by atoms with Gasteiger partial charge in [0.25, 0.3) is 5.91 Å². The summed E-state index contributed by atoms with van der Waals surface area (Å²) in [6.07, 6.45) is 0. The molecule has 0 bridgehead atoms. The second-order valence-corrected chi connectivity index (χ2v) is 4.57. The maximum absolute atomic E-state index is 12.5. The van der Waals surface area contributed by atoms with Crippen molar-refractivity contribution in [3.63, 3.8) is 0 Å². The van der Waals surface area contributed by atoms with Gasteiger partial charge in [0.15, 0.2) is 0 Å². The van der Waals surface area contributed by atoms with E-state index in [1.165, 1.54) is 16.7 Å². The van der Waals surface area contributed by atoms with E-state index in [1.54, 1.807) is 14.0 Å². The molecule has 0 unspecified atom stereocenters. The molecule has 0 atom stereocenters. The summed E-state index contributed by atoms with van der Waals surface area (Å²) in [5.74, 6) is -0.805. The normalized spacial score (nSPS) is 10.6. The maximum Gasteiger partial charge on any atom is 0.325 e. The first kappa shape index (κ1) is 15.0. The van der Waals surface area contributed by atoms with Crippen LogP contribution in [0.1, 0.15) is 30.0 Å². The van der Waals surface area contributed by atoms with E-state index >= 15 is 0 Å². The third-order valence-electron chi connectivity index (χ3n) is 2.88. The van der Waals surface area contributed by atoms with Crippen molar-refractivity contribution in [3.05, 3.63) is 11.4 Å². The molecule has 1 heterocycles. The zero-order chi connectivity index (χ0) is 14.7. The van der Waals surface area contributed by atoms with Crippen LogP contribution in [0.15, 0.2) is 0 Å². The van der Waals surface area contributed by atoms with Crippen molar-refractivity contribution in [2.45, 2.75) is 26.8 Å². The van der Waals surface area contributed by atoms with Gasteiger partial charge in [-0.3, -0.25) is 14.3 Å². The van der Waals surface area contributed by atoms with E-state index in [0.717, 1.165) is 0 Å². The van der Waals surface area contributed by atoms with Crippen LogP contribution in [0.5, 0.6) is 0 Å². The Balaban J connectivity index is 3.09. The summed E-state index contributed by atoms with van der Waals surface area (Å²) < 4.78 is 6.03. The van der Waals surface area contributed by atoms with Crippen molar-refractivity contribution < 1.29 is 14.3 Å².